The predicted molar refractivity (Wildman–Crippen MR) is 129 cm³/mol. The smallest absolute Gasteiger partial charge is 0.294 e. The molecule has 2 saturated heterocycles. The van der Waals surface area contributed by atoms with Gasteiger partial charge in [0.15, 0.2) is 11.5 Å². The molecule has 2 aliphatic rings. The zero-order valence-electron chi connectivity index (χ0n) is 19.0. The summed E-state index contributed by atoms with van der Waals surface area (Å²) in [4.78, 5) is 50.9. The lowest BCUT2D eigenvalue weighted by Crippen LogP contribution is -2.40. The molecule has 10 nitrogen and oxygen atoms in total. The van der Waals surface area contributed by atoms with E-state index in [9.17, 15) is 24.5 Å². The van der Waals surface area contributed by atoms with Gasteiger partial charge in [0.05, 0.1) is 16.9 Å². The number of nitro groups is 1. The van der Waals surface area contributed by atoms with E-state index in [0.29, 0.717) is 35.7 Å². The Morgan fingerprint density at radius 2 is 1.91 bits per heavy atom. The Hall–Kier alpha value is -3.86. The monoisotopic (exact) mass is 497 g/mol. The number of thioether (sulfide) groups is 1. The van der Waals surface area contributed by atoms with Gasteiger partial charge in [0.25, 0.3) is 16.8 Å². The molecule has 0 radical (unpaired) electrons. The number of ether oxygens (including phenoxy) is 2. The van der Waals surface area contributed by atoms with Crippen LogP contribution < -0.4 is 9.47 Å². The molecule has 2 fully saturated rings. The fraction of sp³-hybridized carbons (Fsp3) is 0.292. The van der Waals surface area contributed by atoms with E-state index in [4.69, 9.17) is 9.47 Å². The van der Waals surface area contributed by atoms with Crippen molar-refractivity contribution in [1.29, 1.82) is 0 Å². The van der Waals surface area contributed by atoms with Gasteiger partial charge in [0.1, 0.15) is 13.2 Å². The van der Waals surface area contributed by atoms with Crippen molar-refractivity contribution < 1.29 is 28.8 Å². The third-order valence-electron chi connectivity index (χ3n) is 5.63. The number of imide groups is 1. The maximum absolute atomic E-state index is 12.8. The van der Waals surface area contributed by atoms with Crippen LogP contribution in [0.25, 0.3) is 6.08 Å². The first-order chi connectivity index (χ1) is 16.9. The Kier molecular flexibility index (Phi) is 7.35. The number of nitro benzene ring substituents is 1. The Bertz CT molecular complexity index is 1210. The lowest BCUT2D eigenvalue weighted by molar-refractivity contribution is -0.384. The van der Waals surface area contributed by atoms with E-state index in [-0.39, 0.29) is 29.7 Å². The molecule has 0 spiro atoms. The lowest BCUT2D eigenvalue weighted by atomic mass is 10.1. The minimum atomic E-state index is -0.502. The van der Waals surface area contributed by atoms with Crippen LogP contribution in [0.1, 0.15) is 24.0 Å². The summed E-state index contributed by atoms with van der Waals surface area (Å²) >= 11 is 0.791. The molecular formula is C24H23N3O7S. The van der Waals surface area contributed by atoms with Crippen molar-refractivity contribution in [1.82, 2.24) is 9.80 Å². The molecule has 182 valence electrons. The minimum Gasteiger partial charge on any atom is -0.493 e. The molecule has 2 aromatic rings. The number of hydrogen-bond acceptors (Lipinski definition) is 8. The van der Waals surface area contributed by atoms with Gasteiger partial charge in [-0.15, -0.1) is 0 Å². The topological polar surface area (TPSA) is 119 Å². The lowest BCUT2D eigenvalue weighted by Gasteiger charge is -2.18. The highest BCUT2D eigenvalue weighted by atomic mass is 32.2. The average Bonchev–Trinajstić information content (AvgIpc) is 3.48. The van der Waals surface area contributed by atoms with Gasteiger partial charge in [-0.2, -0.15) is 0 Å². The van der Waals surface area contributed by atoms with Crippen LogP contribution in [0.3, 0.4) is 0 Å². The van der Waals surface area contributed by atoms with E-state index in [1.165, 1.54) is 19.2 Å². The molecule has 4 rings (SSSR count). The normalized spacial score (nSPS) is 16.8. The number of non-ortho nitro benzene ring substituents is 1. The van der Waals surface area contributed by atoms with Crippen LogP contribution in [0, 0.1) is 10.1 Å². The summed E-state index contributed by atoms with van der Waals surface area (Å²) in [5, 5.41) is 10.5. The summed E-state index contributed by atoms with van der Waals surface area (Å²) < 4.78 is 11.2. The second kappa shape index (κ2) is 10.6. The number of carbonyl (C=O) groups excluding carboxylic acids is 3. The maximum atomic E-state index is 12.8. The first kappa shape index (κ1) is 24.3. The maximum Gasteiger partial charge on any atom is 0.294 e. The summed E-state index contributed by atoms with van der Waals surface area (Å²) in [6.45, 7) is 1.15. The summed E-state index contributed by atoms with van der Waals surface area (Å²) in [5.41, 5.74) is 1.22. The number of amides is 3. The van der Waals surface area contributed by atoms with E-state index in [2.05, 4.69) is 0 Å². The molecule has 0 atom stereocenters. The Morgan fingerprint density at radius 3 is 2.63 bits per heavy atom. The summed E-state index contributed by atoms with van der Waals surface area (Å²) in [5.74, 6) is 0.0866. The van der Waals surface area contributed by atoms with Crippen molar-refractivity contribution in [2.24, 2.45) is 0 Å². The molecule has 0 N–H and O–H groups in total. The zero-order chi connectivity index (χ0) is 24.9. The van der Waals surface area contributed by atoms with Crippen molar-refractivity contribution in [3.8, 4) is 11.5 Å². The minimum absolute atomic E-state index is 0.0236. The molecule has 3 amide bonds. The van der Waals surface area contributed by atoms with Gasteiger partial charge >= 0.3 is 0 Å². The molecule has 2 heterocycles. The number of methoxy groups -OCH3 is 1. The van der Waals surface area contributed by atoms with Gasteiger partial charge in [-0.1, -0.05) is 18.2 Å². The van der Waals surface area contributed by atoms with Crippen molar-refractivity contribution in [2.45, 2.75) is 19.4 Å². The van der Waals surface area contributed by atoms with Crippen molar-refractivity contribution in [3.05, 3.63) is 68.6 Å². The highest BCUT2D eigenvalue weighted by Crippen LogP contribution is 2.35. The molecule has 0 saturated carbocycles. The Balaban J connectivity index is 1.44. The molecule has 35 heavy (non-hydrogen) atoms. The predicted octanol–water partition coefficient (Wildman–Crippen LogP) is 3.84. The largest absolute Gasteiger partial charge is 0.493 e. The van der Waals surface area contributed by atoms with Crippen LogP contribution >= 0.6 is 11.8 Å². The van der Waals surface area contributed by atoms with E-state index in [1.807, 2.05) is 0 Å². The number of benzene rings is 2. The molecule has 0 aliphatic carbocycles. The first-order valence-corrected chi connectivity index (χ1v) is 11.7. The standard InChI is InChI=1S/C24H23N3O7S/c1-33-20-12-16(7-8-19(20)34-15-17-5-4-6-18(11-17)27(31)32)13-21-23(29)26(24(30)35-21)14-22(28)25-9-2-3-10-25/h4-8,11-13H,2-3,9-10,14-15H2,1H3/b21-13-. The third kappa shape index (κ3) is 5.62. The Morgan fingerprint density at radius 1 is 1.14 bits per heavy atom. The van der Waals surface area contributed by atoms with Crippen LogP contribution in [-0.4, -0.2) is 58.5 Å². The van der Waals surface area contributed by atoms with Crippen LogP contribution in [0.2, 0.25) is 0 Å². The second-order valence-electron chi connectivity index (χ2n) is 7.98. The fourth-order valence-corrected chi connectivity index (χ4v) is 4.64. The SMILES string of the molecule is COc1cc(/C=C2\SC(=O)N(CC(=O)N3CCCC3)C2=O)ccc1OCc1cccc([N+](=O)[O-])c1. The number of carbonyl (C=O) groups is 3. The molecule has 0 unspecified atom stereocenters. The molecule has 0 aromatic heterocycles. The zero-order valence-corrected chi connectivity index (χ0v) is 19.8. The summed E-state index contributed by atoms with van der Waals surface area (Å²) in [6.07, 6.45) is 3.43. The third-order valence-corrected chi connectivity index (χ3v) is 6.53. The van der Waals surface area contributed by atoms with Gasteiger partial charge in [-0.25, -0.2) is 0 Å². The van der Waals surface area contributed by atoms with Crippen LogP contribution in [0.15, 0.2) is 47.4 Å². The highest BCUT2D eigenvalue weighted by Gasteiger charge is 2.37. The van der Waals surface area contributed by atoms with E-state index in [0.717, 1.165) is 29.5 Å². The number of hydrogen-bond donors (Lipinski definition) is 0. The van der Waals surface area contributed by atoms with Crippen molar-refractivity contribution in [2.75, 3.05) is 26.7 Å². The van der Waals surface area contributed by atoms with E-state index in [1.54, 1.807) is 41.3 Å². The molecule has 11 heteroatoms. The van der Waals surface area contributed by atoms with Gasteiger partial charge < -0.3 is 14.4 Å². The second-order valence-corrected chi connectivity index (χ2v) is 8.97. The summed E-state index contributed by atoms with van der Waals surface area (Å²) in [6, 6.07) is 11.2. The van der Waals surface area contributed by atoms with Crippen LogP contribution in [0.5, 0.6) is 11.5 Å². The van der Waals surface area contributed by atoms with Crippen LogP contribution in [0.4, 0.5) is 10.5 Å². The van der Waals surface area contributed by atoms with Crippen molar-refractivity contribution >= 4 is 40.6 Å². The molecular weight excluding hydrogens is 474 g/mol. The number of nitrogens with zero attached hydrogens (tertiary/aromatic N) is 3. The van der Waals surface area contributed by atoms with Gasteiger partial charge in [-0.05, 0) is 53.9 Å². The van der Waals surface area contributed by atoms with Crippen molar-refractivity contribution in [3.63, 3.8) is 0 Å². The van der Waals surface area contributed by atoms with Gasteiger partial charge in [0, 0.05) is 25.2 Å². The number of likely N-dealkylation sites (tertiary alicyclic amines) is 1. The van der Waals surface area contributed by atoms with Crippen LogP contribution in [-0.2, 0) is 16.2 Å². The average molecular weight is 498 g/mol. The molecule has 2 aliphatic heterocycles. The first-order valence-electron chi connectivity index (χ1n) is 10.9. The molecule has 0 bridgehead atoms. The number of rotatable bonds is 8. The molecule has 2 aromatic carbocycles. The quantitative estimate of drug-likeness (QED) is 0.307. The van der Waals surface area contributed by atoms with Gasteiger partial charge in [-0.3, -0.25) is 29.4 Å². The van der Waals surface area contributed by atoms with E-state index >= 15 is 0 Å². The van der Waals surface area contributed by atoms with E-state index < -0.39 is 16.1 Å². The summed E-state index contributed by atoms with van der Waals surface area (Å²) in [7, 11) is 1.47. The highest BCUT2D eigenvalue weighted by molar-refractivity contribution is 8.18. The fourth-order valence-electron chi connectivity index (χ4n) is 3.80. The van der Waals surface area contributed by atoms with Gasteiger partial charge in [0.2, 0.25) is 5.91 Å². The Labute approximate surface area is 205 Å².